The Balaban J connectivity index is 1.86. The van der Waals surface area contributed by atoms with Crippen LogP contribution in [0.3, 0.4) is 0 Å². The molecule has 2 heterocycles. The van der Waals surface area contributed by atoms with Gasteiger partial charge in [-0.15, -0.1) is 0 Å². The van der Waals surface area contributed by atoms with Crippen LogP contribution in [0.4, 0.5) is 0 Å². The number of aliphatic hydroxyl groups is 1. The predicted octanol–water partition coefficient (Wildman–Crippen LogP) is 2.21. The number of aliphatic hydroxyl groups excluding tert-OH is 1. The van der Waals surface area contributed by atoms with Crippen molar-refractivity contribution in [1.82, 2.24) is 9.88 Å². The summed E-state index contributed by atoms with van der Waals surface area (Å²) >= 11 is 0. The van der Waals surface area contributed by atoms with Gasteiger partial charge in [-0.2, -0.15) is 0 Å². The van der Waals surface area contributed by atoms with Crippen molar-refractivity contribution < 1.29 is 9.90 Å². The minimum absolute atomic E-state index is 0.00319. The van der Waals surface area contributed by atoms with Crippen molar-refractivity contribution in [3.05, 3.63) is 36.0 Å². The number of hydrogen-bond acceptors (Lipinski definition) is 2. The normalized spacial score (nSPS) is 20.9. The highest BCUT2D eigenvalue weighted by atomic mass is 16.3. The zero-order valence-corrected chi connectivity index (χ0v) is 11.0. The maximum absolute atomic E-state index is 12.4. The van der Waals surface area contributed by atoms with E-state index >= 15 is 0 Å². The molecule has 2 N–H and O–H groups in total. The molecule has 4 nitrogen and oxygen atoms in total. The third-order valence-electron chi connectivity index (χ3n) is 3.89. The number of fused-ring (bicyclic) bond motifs is 1. The summed E-state index contributed by atoms with van der Waals surface area (Å²) in [6, 6.07) is 9.99. The van der Waals surface area contributed by atoms with Gasteiger partial charge >= 0.3 is 0 Å². The standard InChI is InChI=1S/C15H18N2O2/c1-10(15(19)17-8-4-7-14(17)18)13-9-11-5-2-3-6-12(11)16-13/h2-3,5-6,9-10,14,16,18H,4,7-8H2,1H3. The van der Waals surface area contributed by atoms with Crippen LogP contribution in [0.25, 0.3) is 10.9 Å². The lowest BCUT2D eigenvalue weighted by Crippen LogP contribution is -2.38. The van der Waals surface area contributed by atoms with Gasteiger partial charge in [0, 0.05) is 17.8 Å². The lowest BCUT2D eigenvalue weighted by molar-refractivity contribution is -0.139. The van der Waals surface area contributed by atoms with Gasteiger partial charge < -0.3 is 15.0 Å². The van der Waals surface area contributed by atoms with Gasteiger partial charge in [0.05, 0.1) is 5.92 Å². The number of carbonyl (C=O) groups is 1. The fraction of sp³-hybridized carbons (Fsp3) is 0.400. The van der Waals surface area contributed by atoms with Gasteiger partial charge in [0.25, 0.3) is 0 Å². The Morgan fingerprint density at radius 3 is 2.95 bits per heavy atom. The van der Waals surface area contributed by atoms with Crippen LogP contribution in [0, 0.1) is 0 Å². The Bertz CT molecular complexity index is 572. The number of amides is 1. The Morgan fingerprint density at radius 1 is 1.47 bits per heavy atom. The molecule has 0 saturated carbocycles. The maximum atomic E-state index is 12.4. The van der Waals surface area contributed by atoms with Gasteiger partial charge in [0.15, 0.2) is 0 Å². The third-order valence-corrected chi connectivity index (χ3v) is 3.89. The van der Waals surface area contributed by atoms with E-state index in [0.717, 1.165) is 23.0 Å². The van der Waals surface area contributed by atoms with E-state index < -0.39 is 6.23 Å². The molecule has 1 aliphatic rings. The average molecular weight is 258 g/mol. The highest BCUT2D eigenvalue weighted by molar-refractivity contribution is 5.87. The number of likely N-dealkylation sites (tertiary alicyclic amines) is 1. The van der Waals surface area contributed by atoms with Crippen LogP contribution in [-0.2, 0) is 4.79 Å². The first-order chi connectivity index (χ1) is 9.16. The summed E-state index contributed by atoms with van der Waals surface area (Å²) in [5.74, 6) is -0.253. The lowest BCUT2D eigenvalue weighted by Gasteiger charge is -2.23. The first kappa shape index (κ1) is 12.2. The summed E-state index contributed by atoms with van der Waals surface area (Å²) in [6.45, 7) is 2.54. The molecule has 0 spiro atoms. The molecule has 1 amide bonds. The molecular weight excluding hydrogens is 240 g/mol. The molecule has 0 bridgehead atoms. The molecule has 19 heavy (non-hydrogen) atoms. The Labute approximate surface area is 112 Å². The largest absolute Gasteiger partial charge is 0.374 e. The van der Waals surface area contributed by atoms with Crippen molar-refractivity contribution >= 4 is 16.8 Å². The van der Waals surface area contributed by atoms with Crippen molar-refractivity contribution in [2.75, 3.05) is 6.54 Å². The zero-order valence-electron chi connectivity index (χ0n) is 11.0. The van der Waals surface area contributed by atoms with Crippen molar-refractivity contribution in [2.24, 2.45) is 0 Å². The second-order valence-corrected chi connectivity index (χ2v) is 5.19. The van der Waals surface area contributed by atoms with Crippen LogP contribution in [0.5, 0.6) is 0 Å². The molecule has 1 aliphatic heterocycles. The second-order valence-electron chi connectivity index (χ2n) is 5.19. The summed E-state index contributed by atoms with van der Waals surface area (Å²) in [4.78, 5) is 17.2. The number of nitrogens with one attached hydrogen (secondary N) is 1. The molecular formula is C15H18N2O2. The number of nitrogens with zero attached hydrogens (tertiary/aromatic N) is 1. The summed E-state index contributed by atoms with van der Waals surface area (Å²) in [5.41, 5.74) is 1.95. The SMILES string of the molecule is CC(C(=O)N1CCCC1O)c1cc2ccccc2[nH]1. The molecule has 1 aromatic heterocycles. The Kier molecular flexibility index (Phi) is 3.03. The second kappa shape index (κ2) is 4.70. The molecule has 100 valence electrons. The van der Waals surface area contributed by atoms with Crippen LogP contribution in [0.2, 0.25) is 0 Å². The molecule has 2 aromatic rings. The first-order valence-electron chi connectivity index (χ1n) is 6.73. The minimum Gasteiger partial charge on any atom is -0.374 e. The van der Waals surface area contributed by atoms with Crippen molar-refractivity contribution in [1.29, 1.82) is 0 Å². The highest BCUT2D eigenvalue weighted by Gasteiger charge is 2.31. The van der Waals surface area contributed by atoms with E-state index in [2.05, 4.69) is 4.98 Å². The summed E-state index contributed by atoms with van der Waals surface area (Å²) in [5, 5.41) is 10.9. The zero-order chi connectivity index (χ0) is 13.4. The van der Waals surface area contributed by atoms with E-state index in [0.29, 0.717) is 13.0 Å². The number of rotatable bonds is 2. The van der Waals surface area contributed by atoms with Crippen molar-refractivity contribution in [3.63, 3.8) is 0 Å². The van der Waals surface area contributed by atoms with Gasteiger partial charge in [-0.05, 0) is 37.3 Å². The van der Waals surface area contributed by atoms with Crippen LogP contribution in [0.1, 0.15) is 31.4 Å². The van der Waals surface area contributed by atoms with Crippen molar-refractivity contribution in [2.45, 2.75) is 31.9 Å². The summed E-state index contributed by atoms with van der Waals surface area (Å²) < 4.78 is 0. The van der Waals surface area contributed by atoms with Crippen LogP contribution in [0.15, 0.2) is 30.3 Å². The van der Waals surface area contributed by atoms with Gasteiger partial charge in [0.2, 0.25) is 5.91 Å². The monoisotopic (exact) mass is 258 g/mol. The van der Waals surface area contributed by atoms with Crippen LogP contribution in [-0.4, -0.2) is 33.7 Å². The number of H-pyrrole nitrogens is 1. The number of carbonyl (C=O) groups excluding carboxylic acids is 1. The number of hydrogen-bond donors (Lipinski definition) is 2. The van der Waals surface area contributed by atoms with E-state index in [-0.39, 0.29) is 11.8 Å². The van der Waals surface area contributed by atoms with Crippen molar-refractivity contribution in [3.8, 4) is 0 Å². The molecule has 1 saturated heterocycles. The van der Waals surface area contributed by atoms with E-state index in [1.165, 1.54) is 0 Å². The number of aromatic amines is 1. The third kappa shape index (κ3) is 2.12. The van der Waals surface area contributed by atoms with Gasteiger partial charge in [-0.25, -0.2) is 0 Å². The van der Waals surface area contributed by atoms with E-state index in [1.54, 1.807) is 4.90 Å². The Hall–Kier alpha value is -1.81. The number of aromatic nitrogens is 1. The molecule has 1 aromatic carbocycles. The lowest BCUT2D eigenvalue weighted by atomic mass is 10.1. The van der Waals surface area contributed by atoms with Gasteiger partial charge in [0.1, 0.15) is 6.23 Å². The fourth-order valence-corrected chi connectivity index (χ4v) is 2.72. The minimum atomic E-state index is -0.612. The molecule has 2 atom stereocenters. The molecule has 3 rings (SSSR count). The van der Waals surface area contributed by atoms with E-state index in [9.17, 15) is 9.90 Å². The summed E-state index contributed by atoms with van der Waals surface area (Å²) in [6.07, 6.45) is 0.955. The predicted molar refractivity (Wildman–Crippen MR) is 73.7 cm³/mol. The highest BCUT2D eigenvalue weighted by Crippen LogP contribution is 2.25. The smallest absolute Gasteiger partial charge is 0.233 e. The van der Waals surface area contributed by atoms with Gasteiger partial charge in [-0.3, -0.25) is 4.79 Å². The molecule has 1 fully saturated rings. The van der Waals surface area contributed by atoms with E-state index in [1.807, 2.05) is 37.3 Å². The molecule has 0 aliphatic carbocycles. The molecule has 0 radical (unpaired) electrons. The average Bonchev–Trinajstić information content (AvgIpc) is 3.02. The maximum Gasteiger partial charge on any atom is 0.233 e. The topological polar surface area (TPSA) is 56.3 Å². The van der Waals surface area contributed by atoms with Crippen LogP contribution >= 0.6 is 0 Å². The van der Waals surface area contributed by atoms with Crippen LogP contribution < -0.4 is 0 Å². The summed E-state index contributed by atoms with van der Waals surface area (Å²) in [7, 11) is 0. The molecule has 4 heteroatoms. The Morgan fingerprint density at radius 2 is 2.26 bits per heavy atom. The quantitative estimate of drug-likeness (QED) is 0.867. The van der Waals surface area contributed by atoms with E-state index in [4.69, 9.17) is 0 Å². The first-order valence-corrected chi connectivity index (χ1v) is 6.73. The number of para-hydroxylation sites is 1. The molecule has 2 unspecified atom stereocenters. The van der Waals surface area contributed by atoms with Gasteiger partial charge in [-0.1, -0.05) is 18.2 Å². The number of benzene rings is 1. The fourth-order valence-electron chi connectivity index (χ4n) is 2.72.